The van der Waals surface area contributed by atoms with Crippen LogP contribution in [-0.2, 0) is 0 Å². The number of nitrogens with one attached hydrogen (secondary N) is 2. The number of thiophene rings is 1. The maximum absolute atomic E-state index is 11.6. The van der Waals surface area contributed by atoms with Gasteiger partial charge in [0.25, 0.3) is 0 Å². The highest BCUT2D eigenvalue weighted by atomic mass is 32.1. The summed E-state index contributed by atoms with van der Waals surface area (Å²) in [7, 11) is 1.46. The molecule has 6 nitrogen and oxygen atoms in total. The van der Waals surface area contributed by atoms with E-state index in [1.54, 1.807) is 10.8 Å². The fourth-order valence-electron chi connectivity index (χ4n) is 1.45. The van der Waals surface area contributed by atoms with E-state index < -0.39 is 12.2 Å². The second kappa shape index (κ2) is 9.19. The first-order chi connectivity index (χ1) is 9.67. The maximum atomic E-state index is 11.6. The first kappa shape index (κ1) is 16.3. The molecule has 0 fully saturated rings. The molecule has 1 aromatic heterocycles. The molecule has 0 saturated heterocycles. The lowest BCUT2D eigenvalue weighted by molar-refractivity contribution is 0.191. The lowest BCUT2D eigenvalue weighted by atomic mass is 10.2. The highest BCUT2D eigenvalue weighted by Crippen LogP contribution is 2.31. The summed E-state index contributed by atoms with van der Waals surface area (Å²) in [4.78, 5) is 22.7. The van der Waals surface area contributed by atoms with E-state index >= 15 is 0 Å². The Balaban J connectivity index is 2.34. The SMILES string of the molecule is CCCCCCNC(=O)Oc1cscc1OC(=O)NC. The molecule has 7 heteroatoms. The Morgan fingerprint density at radius 3 is 2.35 bits per heavy atom. The van der Waals surface area contributed by atoms with Crippen LogP contribution in [0.5, 0.6) is 11.5 Å². The molecule has 0 unspecified atom stereocenters. The monoisotopic (exact) mass is 300 g/mol. The van der Waals surface area contributed by atoms with Crippen LogP contribution in [0, 0.1) is 0 Å². The summed E-state index contributed by atoms with van der Waals surface area (Å²) in [6.07, 6.45) is 3.18. The number of hydrogen-bond donors (Lipinski definition) is 2. The number of ether oxygens (including phenoxy) is 2. The third-order valence-corrected chi connectivity index (χ3v) is 3.20. The van der Waals surface area contributed by atoms with Gasteiger partial charge in [-0.05, 0) is 6.42 Å². The molecule has 1 heterocycles. The van der Waals surface area contributed by atoms with Crippen LogP contribution >= 0.6 is 11.3 Å². The van der Waals surface area contributed by atoms with Crippen molar-refractivity contribution in [1.82, 2.24) is 10.6 Å². The van der Waals surface area contributed by atoms with Crippen molar-refractivity contribution in [3.8, 4) is 11.5 Å². The van der Waals surface area contributed by atoms with Gasteiger partial charge in [-0.1, -0.05) is 26.2 Å². The van der Waals surface area contributed by atoms with Crippen molar-refractivity contribution in [2.24, 2.45) is 0 Å². The van der Waals surface area contributed by atoms with Gasteiger partial charge in [0.1, 0.15) is 0 Å². The van der Waals surface area contributed by atoms with Gasteiger partial charge in [-0.2, -0.15) is 0 Å². The molecule has 0 aromatic carbocycles. The smallest absolute Gasteiger partial charge is 0.405 e. The molecule has 0 spiro atoms. The standard InChI is InChI=1S/C13H20N2O4S/c1-3-4-5-6-7-15-13(17)19-11-9-20-8-10(11)18-12(16)14-2/h8-9H,3-7H2,1-2H3,(H,14,16)(H,15,17). The Hall–Kier alpha value is -1.76. The van der Waals surface area contributed by atoms with Crippen LogP contribution in [0.25, 0.3) is 0 Å². The minimum Gasteiger partial charge on any atom is -0.405 e. The van der Waals surface area contributed by atoms with E-state index in [1.165, 1.54) is 18.4 Å². The molecule has 0 saturated carbocycles. The van der Waals surface area contributed by atoms with Crippen LogP contribution in [0.1, 0.15) is 32.6 Å². The van der Waals surface area contributed by atoms with Crippen molar-refractivity contribution < 1.29 is 19.1 Å². The minimum atomic E-state index is -0.603. The molecule has 2 amide bonds. The summed E-state index contributed by atoms with van der Waals surface area (Å²) in [5.41, 5.74) is 0. The summed E-state index contributed by atoms with van der Waals surface area (Å²) >= 11 is 1.29. The van der Waals surface area contributed by atoms with Crippen molar-refractivity contribution >= 4 is 23.5 Å². The van der Waals surface area contributed by atoms with Gasteiger partial charge in [-0.3, -0.25) is 0 Å². The molecule has 112 valence electrons. The lowest BCUT2D eigenvalue weighted by Gasteiger charge is -2.07. The molecular weight excluding hydrogens is 280 g/mol. The summed E-state index contributed by atoms with van der Waals surface area (Å²) < 4.78 is 10.0. The van der Waals surface area contributed by atoms with Crippen molar-refractivity contribution in [2.45, 2.75) is 32.6 Å². The zero-order valence-electron chi connectivity index (χ0n) is 11.7. The Morgan fingerprint density at radius 2 is 1.75 bits per heavy atom. The Morgan fingerprint density at radius 1 is 1.10 bits per heavy atom. The van der Waals surface area contributed by atoms with Gasteiger partial charge >= 0.3 is 12.2 Å². The number of carbonyl (C=O) groups excluding carboxylic acids is 2. The third kappa shape index (κ3) is 5.92. The molecule has 0 radical (unpaired) electrons. The van der Waals surface area contributed by atoms with Gasteiger partial charge in [0.2, 0.25) is 0 Å². The quantitative estimate of drug-likeness (QED) is 0.758. The predicted octanol–water partition coefficient (Wildman–Crippen LogP) is 3.14. The molecule has 1 rings (SSSR count). The van der Waals surface area contributed by atoms with E-state index in [9.17, 15) is 9.59 Å². The molecule has 0 aliphatic rings. The maximum Gasteiger partial charge on any atom is 0.412 e. The van der Waals surface area contributed by atoms with Crippen molar-refractivity contribution in [2.75, 3.05) is 13.6 Å². The lowest BCUT2D eigenvalue weighted by Crippen LogP contribution is -2.28. The van der Waals surface area contributed by atoms with Crippen LogP contribution in [0.4, 0.5) is 9.59 Å². The predicted molar refractivity (Wildman–Crippen MR) is 77.6 cm³/mol. The minimum absolute atomic E-state index is 0.232. The summed E-state index contributed by atoms with van der Waals surface area (Å²) in [5, 5.41) is 8.19. The van der Waals surface area contributed by atoms with Crippen molar-refractivity contribution in [3.63, 3.8) is 0 Å². The fraction of sp³-hybridized carbons (Fsp3) is 0.538. The zero-order chi connectivity index (χ0) is 14.8. The molecule has 0 aliphatic carbocycles. The topological polar surface area (TPSA) is 76.7 Å². The van der Waals surface area contributed by atoms with E-state index in [4.69, 9.17) is 9.47 Å². The summed E-state index contributed by atoms with van der Waals surface area (Å²) in [6, 6.07) is 0. The number of rotatable bonds is 7. The Kier molecular flexibility index (Phi) is 7.49. The average Bonchev–Trinajstić information content (AvgIpc) is 2.85. The Bertz CT molecular complexity index is 434. The van der Waals surface area contributed by atoms with E-state index in [0.29, 0.717) is 6.54 Å². The first-order valence-corrected chi connectivity index (χ1v) is 7.53. The number of amides is 2. The normalized spacial score (nSPS) is 9.90. The van der Waals surface area contributed by atoms with Crippen LogP contribution in [0.2, 0.25) is 0 Å². The highest BCUT2D eigenvalue weighted by Gasteiger charge is 2.13. The summed E-state index contributed by atoms with van der Waals surface area (Å²) in [5.74, 6) is 0.472. The molecule has 2 N–H and O–H groups in total. The van der Waals surface area contributed by atoms with E-state index in [1.807, 2.05) is 0 Å². The molecular formula is C13H20N2O4S. The molecule has 0 aliphatic heterocycles. The van der Waals surface area contributed by atoms with Gasteiger partial charge < -0.3 is 20.1 Å². The molecule has 0 bridgehead atoms. The van der Waals surface area contributed by atoms with Gasteiger partial charge in [0.15, 0.2) is 11.5 Å². The fourth-order valence-corrected chi connectivity index (χ4v) is 2.10. The van der Waals surface area contributed by atoms with Crippen LogP contribution in [-0.4, -0.2) is 25.8 Å². The zero-order valence-corrected chi connectivity index (χ0v) is 12.5. The van der Waals surface area contributed by atoms with E-state index in [2.05, 4.69) is 17.6 Å². The van der Waals surface area contributed by atoms with Crippen LogP contribution < -0.4 is 20.1 Å². The van der Waals surface area contributed by atoms with E-state index in [0.717, 1.165) is 25.7 Å². The highest BCUT2D eigenvalue weighted by molar-refractivity contribution is 7.08. The summed E-state index contributed by atoms with van der Waals surface area (Å²) in [6.45, 7) is 2.71. The number of unbranched alkanes of at least 4 members (excludes halogenated alkanes) is 3. The third-order valence-electron chi connectivity index (χ3n) is 2.50. The van der Waals surface area contributed by atoms with Crippen LogP contribution in [0.3, 0.4) is 0 Å². The second-order valence-electron chi connectivity index (χ2n) is 4.12. The Labute approximate surface area is 122 Å². The van der Waals surface area contributed by atoms with Gasteiger partial charge in [0, 0.05) is 24.4 Å². The van der Waals surface area contributed by atoms with Gasteiger partial charge in [0.05, 0.1) is 0 Å². The second-order valence-corrected chi connectivity index (χ2v) is 4.86. The average molecular weight is 300 g/mol. The first-order valence-electron chi connectivity index (χ1n) is 6.58. The largest absolute Gasteiger partial charge is 0.412 e. The van der Waals surface area contributed by atoms with Crippen molar-refractivity contribution in [1.29, 1.82) is 0 Å². The molecule has 20 heavy (non-hydrogen) atoms. The number of hydrogen-bond acceptors (Lipinski definition) is 5. The molecule has 1 aromatic rings. The van der Waals surface area contributed by atoms with E-state index in [-0.39, 0.29) is 11.5 Å². The van der Waals surface area contributed by atoms with Crippen molar-refractivity contribution in [3.05, 3.63) is 10.8 Å². The molecule has 0 atom stereocenters. The number of carbonyl (C=O) groups is 2. The van der Waals surface area contributed by atoms with Gasteiger partial charge in [-0.25, -0.2) is 9.59 Å². The van der Waals surface area contributed by atoms with Crippen LogP contribution in [0.15, 0.2) is 10.8 Å². The van der Waals surface area contributed by atoms with Gasteiger partial charge in [-0.15, -0.1) is 11.3 Å².